The molecule has 160 valence electrons. The summed E-state index contributed by atoms with van der Waals surface area (Å²) in [7, 11) is 1.46. The second-order valence-corrected chi connectivity index (χ2v) is 6.57. The van der Waals surface area contributed by atoms with Crippen molar-refractivity contribution in [2.24, 2.45) is 0 Å². The van der Waals surface area contributed by atoms with E-state index in [1.807, 2.05) is 31.2 Å². The van der Waals surface area contributed by atoms with Gasteiger partial charge in [-0.15, -0.1) is 0 Å². The van der Waals surface area contributed by atoms with Crippen LogP contribution < -0.4 is 20.1 Å². The first-order valence-electron chi connectivity index (χ1n) is 9.48. The predicted molar refractivity (Wildman–Crippen MR) is 113 cm³/mol. The minimum atomic E-state index is -0.516. The van der Waals surface area contributed by atoms with Crippen molar-refractivity contribution in [3.8, 4) is 11.5 Å². The van der Waals surface area contributed by atoms with Crippen molar-refractivity contribution in [2.45, 2.75) is 26.7 Å². The van der Waals surface area contributed by atoms with E-state index in [0.29, 0.717) is 30.2 Å². The average molecular weight is 414 g/mol. The van der Waals surface area contributed by atoms with Crippen molar-refractivity contribution in [1.29, 1.82) is 0 Å². The summed E-state index contributed by atoms with van der Waals surface area (Å²) in [5.41, 5.74) is 2.00. The van der Waals surface area contributed by atoms with Crippen LogP contribution in [0.5, 0.6) is 11.5 Å². The quantitative estimate of drug-likeness (QED) is 0.457. The molecule has 0 atom stereocenters. The predicted octanol–water partition coefficient (Wildman–Crippen LogP) is 3.30. The van der Waals surface area contributed by atoms with E-state index in [1.54, 1.807) is 18.2 Å². The number of carbonyl (C=O) groups excluding carboxylic acids is 3. The van der Waals surface area contributed by atoms with Crippen molar-refractivity contribution in [2.75, 3.05) is 31.0 Å². The molecule has 2 aromatic rings. The van der Waals surface area contributed by atoms with Gasteiger partial charge in [-0.3, -0.25) is 14.4 Å². The summed E-state index contributed by atoms with van der Waals surface area (Å²) in [4.78, 5) is 35.1. The molecule has 0 bridgehead atoms. The number of aryl methyl sites for hydroxylation is 1. The van der Waals surface area contributed by atoms with Gasteiger partial charge in [0.1, 0.15) is 11.5 Å². The molecule has 8 heteroatoms. The van der Waals surface area contributed by atoms with E-state index in [9.17, 15) is 14.4 Å². The summed E-state index contributed by atoms with van der Waals surface area (Å²) >= 11 is 0. The fourth-order valence-corrected chi connectivity index (χ4v) is 2.53. The molecule has 0 heterocycles. The Labute approximate surface area is 175 Å². The van der Waals surface area contributed by atoms with Gasteiger partial charge < -0.3 is 24.8 Å². The topological polar surface area (TPSA) is 103 Å². The summed E-state index contributed by atoms with van der Waals surface area (Å²) in [6.07, 6.45) is 0.612. The molecule has 2 aromatic carbocycles. The lowest BCUT2D eigenvalue weighted by molar-refractivity contribution is -0.147. The highest BCUT2D eigenvalue weighted by atomic mass is 16.5. The Hall–Kier alpha value is -3.55. The number of amides is 2. The van der Waals surface area contributed by atoms with Crippen molar-refractivity contribution < 1.29 is 28.6 Å². The van der Waals surface area contributed by atoms with E-state index >= 15 is 0 Å². The van der Waals surface area contributed by atoms with Crippen LogP contribution in [0.1, 0.15) is 25.3 Å². The highest BCUT2D eigenvalue weighted by Gasteiger charge is 2.12. The van der Waals surface area contributed by atoms with Crippen LogP contribution >= 0.6 is 0 Å². The van der Waals surface area contributed by atoms with Crippen LogP contribution in [0.3, 0.4) is 0 Å². The van der Waals surface area contributed by atoms with E-state index < -0.39 is 18.5 Å². The van der Waals surface area contributed by atoms with Crippen molar-refractivity contribution in [1.82, 2.24) is 0 Å². The number of nitrogens with one attached hydrogen (secondary N) is 2. The summed E-state index contributed by atoms with van der Waals surface area (Å²) in [6, 6.07) is 12.4. The van der Waals surface area contributed by atoms with Crippen LogP contribution in [0, 0.1) is 6.92 Å². The minimum absolute atomic E-state index is 0.139. The molecule has 0 radical (unpaired) electrons. The van der Waals surface area contributed by atoms with Crippen molar-refractivity contribution in [3.05, 3.63) is 48.0 Å². The van der Waals surface area contributed by atoms with Crippen LogP contribution in [0.4, 0.5) is 11.4 Å². The highest BCUT2D eigenvalue weighted by molar-refractivity contribution is 5.96. The Morgan fingerprint density at radius 1 is 1.00 bits per heavy atom. The van der Waals surface area contributed by atoms with Gasteiger partial charge in [-0.05, 0) is 43.7 Å². The van der Waals surface area contributed by atoms with Crippen LogP contribution in [-0.4, -0.2) is 38.1 Å². The lowest BCUT2D eigenvalue weighted by atomic mass is 10.2. The number of benzene rings is 2. The maximum atomic E-state index is 12.1. The standard InChI is InChI=1S/C22H26N2O6/c1-15-6-9-18(10-7-15)29-12-4-5-22(27)30-14-21(26)24-19-13-17(23-16(2)25)8-11-20(19)28-3/h6-11,13H,4-5,12,14H2,1-3H3,(H,23,25)(H,24,26). The van der Waals surface area contributed by atoms with Gasteiger partial charge in [-0.25, -0.2) is 0 Å². The fourth-order valence-electron chi connectivity index (χ4n) is 2.53. The zero-order chi connectivity index (χ0) is 21.9. The largest absolute Gasteiger partial charge is 0.495 e. The molecule has 0 aliphatic rings. The van der Waals surface area contributed by atoms with E-state index in [-0.39, 0.29) is 12.3 Å². The minimum Gasteiger partial charge on any atom is -0.495 e. The van der Waals surface area contributed by atoms with Gasteiger partial charge in [0.25, 0.3) is 5.91 Å². The lowest BCUT2D eigenvalue weighted by Gasteiger charge is -2.12. The zero-order valence-corrected chi connectivity index (χ0v) is 17.3. The van der Waals surface area contributed by atoms with Crippen LogP contribution in [0.2, 0.25) is 0 Å². The number of ether oxygens (including phenoxy) is 3. The third kappa shape index (κ3) is 7.83. The van der Waals surface area contributed by atoms with Gasteiger partial charge in [-0.1, -0.05) is 17.7 Å². The fraction of sp³-hybridized carbons (Fsp3) is 0.318. The number of anilines is 2. The third-order valence-electron chi connectivity index (χ3n) is 3.97. The first-order chi connectivity index (χ1) is 14.4. The number of carbonyl (C=O) groups is 3. The zero-order valence-electron chi connectivity index (χ0n) is 17.3. The Morgan fingerprint density at radius 3 is 2.40 bits per heavy atom. The molecule has 0 unspecified atom stereocenters. The average Bonchev–Trinajstić information content (AvgIpc) is 2.71. The molecular weight excluding hydrogens is 388 g/mol. The van der Waals surface area contributed by atoms with Gasteiger partial charge in [0, 0.05) is 19.0 Å². The Bertz CT molecular complexity index is 880. The van der Waals surface area contributed by atoms with Gasteiger partial charge in [0.15, 0.2) is 6.61 Å². The molecule has 2 N–H and O–H groups in total. The van der Waals surface area contributed by atoms with Crippen molar-refractivity contribution in [3.63, 3.8) is 0 Å². The molecule has 0 fully saturated rings. The molecule has 8 nitrogen and oxygen atoms in total. The number of hydrogen-bond acceptors (Lipinski definition) is 6. The SMILES string of the molecule is COc1ccc(NC(C)=O)cc1NC(=O)COC(=O)CCCOc1ccc(C)cc1. The van der Waals surface area contributed by atoms with Crippen molar-refractivity contribution >= 4 is 29.2 Å². The molecule has 0 aromatic heterocycles. The molecule has 0 saturated heterocycles. The maximum absolute atomic E-state index is 12.1. The maximum Gasteiger partial charge on any atom is 0.306 e. The molecule has 2 amide bonds. The molecule has 30 heavy (non-hydrogen) atoms. The first kappa shape index (κ1) is 22.7. The monoisotopic (exact) mass is 414 g/mol. The summed E-state index contributed by atoms with van der Waals surface area (Å²) in [6.45, 7) is 3.32. The number of esters is 1. The van der Waals surface area contributed by atoms with Gasteiger partial charge in [-0.2, -0.15) is 0 Å². The van der Waals surface area contributed by atoms with E-state index in [0.717, 1.165) is 11.3 Å². The molecule has 0 aliphatic heterocycles. The third-order valence-corrected chi connectivity index (χ3v) is 3.97. The molecule has 0 saturated carbocycles. The molecule has 0 spiro atoms. The van der Waals surface area contributed by atoms with Gasteiger partial charge in [0.2, 0.25) is 5.91 Å². The van der Waals surface area contributed by atoms with Crippen LogP contribution in [-0.2, 0) is 19.1 Å². The van der Waals surface area contributed by atoms with Crippen LogP contribution in [0.15, 0.2) is 42.5 Å². The Morgan fingerprint density at radius 2 is 1.73 bits per heavy atom. The van der Waals surface area contributed by atoms with Crippen LogP contribution in [0.25, 0.3) is 0 Å². The molecule has 2 rings (SSSR count). The van der Waals surface area contributed by atoms with E-state index in [1.165, 1.54) is 14.0 Å². The summed E-state index contributed by atoms with van der Waals surface area (Å²) in [5, 5.41) is 5.23. The summed E-state index contributed by atoms with van der Waals surface area (Å²) in [5.74, 6) is -0.0901. The normalized spacial score (nSPS) is 10.1. The van der Waals surface area contributed by atoms with Gasteiger partial charge in [0.05, 0.1) is 19.4 Å². The smallest absolute Gasteiger partial charge is 0.306 e. The number of hydrogen-bond donors (Lipinski definition) is 2. The highest BCUT2D eigenvalue weighted by Crippen LogP contribution is 2.27. The summed E-state index contributed by atoms with van der Waals surface area (Å²) < 4.78 is 15.7. The van der Waals surface area contributed by atoms with E-state index in [4.69, 9.17) is 14.2 Å². The number of rotatable bonds is 10. The molecular formula is C22H26N2O6. The van der Waals surface area contributed by atoms with E-state index in [2.05, 4.69) is 10.6 Å². The second-order valence-electron chi connectivity index (χ2n) is 6.57. The number of methoxy groups -OCH3 is 1. The molecule has 0 aliphatic carbocycles. The van der Waals surface area contributed by atoms with Gasteiger partial charge >= 0.3 is 5.97 Å². The Kier molecular flexibility index (Phi) is 8.68. The second kappa shape index (κ2) is 11.5. The Balaban J connectivity index is 1.73. The first-order valence-corrected chi connectivity index (χ1v) is 9.48. The lowest BCUT2D eigenvalue weighted by Crippen LogP contribution is -2.21.